The summed E-state index contributed by atoms with van der Waals surface area (Å²) in [7, 11) is 1.90. The van der Waals surface area contributed by atoms with E-state index in [1.807, 2.05) is 46.3 Å². The minimum atomic E-state index is -0.687. The predicted molar refractivity (Wildman–Crippen MR) is 95.0 cm³/mol. The van der Waals surface area contributed by atoms with E-state index >= 15 is 0 Å². The average Bonchev–Trinajstić information content (AvgIpc) is 2.92. The average molecular weight is 344 g/mol. The van der Waals surface area contributed by atoms with Gasteiger partial charge < -0.3 is 20.1 Å². The van der Waals surface area contributed by atoms with E-state index < -0.39 is 5.79 Å². The standard InChI is InChI=1S/C18H24N4O3/c1-10(16-11(2)21-22(6)12(16)3)19-17(23)20-13-7-8-14-15(9-13)25-18(4,5)24-14/h7-10H,1-6H3,(H2,19,20,23). The molecule has 0 saturated carbocycles. The Labute approximate surface area is 147 Å². The number of hydrogen-bond donors (Lipinski definition) is 2. The molecule has 0 bridgehead atoms. The van der Waals surface area contributed by atoms with Crippen LogP contribution in [0.25, 0.3) is 0 Å². The molecule has 0 saturated heterocycles. The van der Waals surface area contributed by atoms with Crippen molar-refractivity contribution in [2.24, 2.45) is 7.05 Å². The van der Waals surface area contributed by atoms with Crippen molar-refractivity contribution in [3.63, 3.8) is 0 Å². The van der Waals surface area contributed by atoms with Gasteiger partial charge in [-0.05, 0) is 32.9 Å². The van der Waals surface area contributed by atoms with Crippen LogP contribution in [0.4, 0.5) is 10.5 Å². The molecule has 3 rings (SSSR count). The molecule has 0 fully saturated rings. The molecule has 1 aromatic carbocycles. The van der Waals surface area contributed by atoms with Crippen LogP contribution in [0.15, 0.2) is 18.2 Å². The highest BCUT2D eigenvalue weighted by atomic mass is 16.7. The Kier molecular flexibility index (Phi) is 4.10. The number of rotatable bonds is 3. The molecule has 2 amide bonds. The van der Waals surface area contributed by atoms with Crippen LogP contribution in [-0.2, 0) is 7.05 Å². The van der Waals surface area contributed by atoms with Crippen molar-refractivity contribution in [3.05, 3.63) is 35.2 Å². The van der Waals surface area contributed by atoms with E-state index in [4.69, 9.17) is 9.47 Å². The highest BCUT2D eigenvalue weighted by Gasteiger charge is 2.31. The molecule has 1 aromatic heterocycles. The number of carbonyl (C=O) groups is 1. The lowest BCUT2D eigenvalue weighted by Gasteiger charge is -2.16. The molecule has 2 N–H and O–H groups in total. The van der Waals surface area contributed by atoms with Gasteiger partial charge in [0.25, 0.3) is 0 Å². The van der Waals surface area contributed by atoms with Gasteiger partial charge in [0.15, 0.2) is 11.5 Å². The first-order valence-corrected chi connectivity index (χ1v) is 8.26. The first-order valence-electron chi connectivity index (χ1n) is 8.26. The number of aromatic nitrogens is 2. The number of fused-ring (bicyclic) bond motifs is 1. The van der Waals surface area contributed by atoms with Gasteiger partial charge in [0.1, 0.15) is 0 Å². The van der Waals surface area contributed by atoms with Gasteiger partial charge in [-0.25, -0.2) is 4.79 Å². The molecule has 0 aliphatic carbocycles. The van der Waals surface area contributed by atoms with Crippen LogP contribution in [0.1, 0.15) is 43.8 Å². The van der Waals surface area contributed by atoms with Crippen molar-refractivity contribution in [3.8, 4) is 11.5 Å². The summed E-state index contributed by atoms with van der Waals surface area (Å²) in [5, 5.41) is 10.2. The van der Waals surface area contributed by atoms with E-state index in [2.05, 4.69) is 15.7 Å². The summed E-state index contributed by atoms with van der Waals surface area (Å²) in [5.74, 6) is 0.605. The van der Waals surface area contributed by atoms with Gasteiger partial charge >= 0.3 is 6.03 Å². The van der Waals surface area contributed by atoms with E-state index in [9.17, 15) is 4.79 Å². The quantitative estimate of drug-likeness (QED) is 0.894. The number of carbonyl (C=O) groups excluding carboxylic acids is 1. The second-order valence-corrected chi connectivity index (χ2v) is 6.79. The SMILES string of the molecule is Cc1nn(C)c(C)c1C(C)NC(=O)Nc1ccc2c(c1)OC(C)(C)O2. The molecule has 2 heterocycles. The van der Waals surface area contributed by atoms with Crippen LogP contribution in [0, 0.1) is 13.8 Å². The molecule has 1 atom stereocenters. The summed E-state index contributed by atoms with van der Waals surface area (Å²) >= 11 is 0. The molecule has 7 heteroatoms. The Balaban J connectivity index is 1.67. The fourth-order valence-corrected chi connectivity index (χ4v) is 3.15. The monoisotopic (exact) mass is 344 g/mol. The number of hydrogen-bond acceptors (Lipinski definition) is 4. The Morgan fingerprint density at radius 3 is 2.56 bits per heavy atom. The van der Waals surface area contributed by atoms with Crippen molar-refractivity contribution in [2.75, 3.05) is 5.32 Å². The maximum absolute atomic E-state index is 12.3. The zero-order chi connectivity index (χ0) is 18.4. The zero-order valence-corrected chi connectivity index (χ0v) is 15.4. The molecule has 2 aromatic rings. The number of ether oxygens (including phenoxy) is 2. The summed E-state index contributed by atoms with van der Waals surface area (Å²) in [6.45, 7) is 9.56. The number of aryl methyl sites for hydroxylation is 2. The van der Waals surface area contributed by atoms with Gasteiger partial charge in [-0.15, -0.1) is 0 Å². The first kappa shape index (κ1) is 17.1. The summed E-state index contributed by atoms with van der Waals surface area (Å²) in [4.78, 5) is 12.3. The third kappa shape index (κ3) is 3.40. The first-order chi connectivity index (χ1) is 11.7. The lowest BCUT2D eigenvalue weighted by Crippen LogP contribution is -2.31. The highest BCUT2D eigenvalue weighted by molar-refractivity contribution is 5.90. The molecule has 1 aliphatic rings. The molecular weight excluding hydrogens is 320 g/mol. The molecule has 0 spiro atoms. The number of anilines is 1. The van der Waals surface area contributed by atoms with Crippen molar-refractivity contribution in [1.29, 1.82) is 0 Å². The van der Waals surface area contributed by atoms with Crippen molar-refractivity contribution in [1.82, 2.24) is 15.1 Å². The molecule has 1 aliphatic heterocycles. The van der Waals surface area contributed by atoms with E-state index in [1.165, 1.54) is 0 Å². The maximum Gasteiger partial charge on any atom is 0.319 e. The van der Waals surface area contributed by atoms with Gasteiger partial charge in [-0.3, -0.25) is 4.68 Å². The van der Waals surface area contributed by atoms with Gasteiger partial charge in [-0.2, -0.15) is 5.10 Å². The second kappa shape index (κ2) is 5.98. The number of benzene rings is 1. The van der Waals surface area contributed by atoms with Crippen LogP contribution in [0.2, 0.25) is 0 Å². The van der Waals surface area contributed by atoms with Crippen molar-refractivity contribution in [2.45, 2.75) is 46.4 Å². The Bertz CT molecular complexity index is 826. The highest BCUT2D eigenvalue weighted by Crippen LogP contribution is 2.40. The smallest absolute Gasteiger partial charge is 0.319 e. The van der Waals surface area contributed by atoms with Crippen LogP contribution < -0.4 is 20.1 Å². The number of nitrogens with zero attached hydrogens (tertiary/aromatic N) is 2. The number of amides is 2. The van der Waals surface area contributed by atoms with E-state index in [0.29, 0.717) is 17.2 Å². The third-order valence-electron chi connectivity index (χ3n) is 4.26. The Morgan fingerprint density at radius 2 is 1.92 bits per heavy atom. The molecule has 134 valence electrons. The summed E-state index contributed by atoms with van der Waals surface area (Å²) in [6.07, 6.45) is 0. The minimum absolute atomic E-state index is 0.151. The van der Waals surface area contributed by atoms with E-state index in [-0.39, 0.29) is 12.1 Å². The van der Waals surface area contributed by atoms with Crippen LogP contribution in [-0.4, -0.2) is 21.6 Å². The fraction of sp³-hybridized carbons (Fsp3) is 0.444. The van der Waals surface area contributed by atoms with Gasteiger partial charge in [-0.1, -0.05) is 0 Å². The fourth-order valence-electron chi connectivity index (χ4n) is 3.15. The predicted octanol–water partition coefficient (Wildman–Crippen LogP) is 3.43. The van der Waals surface area contributed by atoms with E-state index in [1.54, 1.807) is 18.2 Å². The van der Waals surface area contributed by atoms with Crippen LogP contribution in [0.3, 0.4) is 0 Å². The normalized spacial score (nSPS) is 15.8. The van der Waals surface area contributed by atoms with Crippen molar-refractivity contribution < 1.29 is 14.3 Å². The van der Waals surface area contributed by atoms with E-state index in [0.717, 1.165) is 17.0 Å². The second-order valence-electron chi connectivity index (χ2n) is 6.79. The molecular formula is C18H24N4O3. The minimum Gasteiger partial charge on any atom is -0.449 e. The lowest BCUT2D eigenvalue weighted by molar-refractivity contribution is -0.0431. The van der Waals surface area contributed by atoms with Crippen LogP contribution >= 0.6 is 0 Å². The third-order valence-corrected chi connectivity index (χ3v) is 4.26. The largest absolute Gasteiger partial charge is 0.449 e. The van der Waals surface area contributed by atoms with Crippen LogP contribution in [0.5, 0.6) is 11.5 Å². The topological polar surface area (TPSA) is 77.4 Å². The van der Waals surface area contributed by atoms with Crippen molar-refractivity contribution >= 4 is 11.7 Å². The number of nitrogens with one attached hydrogen (secondary N) is 2. The summed E-state index contributed by atoms with van der Waals surface area (Å²) in [6, 6.07) is 4.90. The summed E-state index contributed by atoms with van der Waals surface area (Å²) in [5.41, 5.74) is 3.63. The molecule has 1 unspecified atom stereocenters. The zero-order valence-electron chi connectivity index (χ0n) is 15.4. The van der Waals surface area contributed by atoms with Gasteiger partial charge in [0.2, 0.25) is 5.79 Å². The van der Waals surface area contributed by atoms with Gasteiger partial charge in [0, 0.05) is 43.9 Å². The summed E-state index contributed by atoms with van der Waals surface area (Å²) < 4.78 is 13.2. The Hall–Kier alpha value is -2.70. The van der Waals surface area contributed by atoms with Gasteiger partial charge in [0.05, 0.1) is 11.7 Å². The lowest BCUT2D eigenvalue weighted by atomic mass is 10.1. The maximum atomic E-state index is 12.3. The number of urea groups is 1. The molecule has 7 nitrogen and oxygen atoms in total. The molecule has 25 heavy (non-hydrogen) atoms. The Morgan fingerprint density at radius 1 is 1.24 bits per heavy atom. The molecule has 0 radical (unpaired) electrons.